The lowest BCUT2D eigenvalue weighted by atomic mass is 9.98. The average molecular weight is 234 g/mol. The third kappa shape index (κ3) is 2.53. The van der Waals surface area contributed by atoms with E-state index in [-0.39, 0.29) is 0 Å². The van der Waals surface area contributed by atoms with Crippen LogP contribution in [0.5, 0.6) is 0 Å². The number of hydrogen-bond acceptors (Lipinski definition) is 0. The summed E-state index contributed by atoms with van der Waals surface area (Å²) >= 11 is 0. The van der Waals surface area contributed by atoms with Crippen molar-refractivity contribution in [2.75, 3.05) is 0 Å². The molecule has 0 unspecified atom stereocenters. The molecule has 0 amide bonds. The maximum Gasteiger partial charge on any atom is -0.0178 e. The first kappa shape index (κ1) is 11.3. The lowest BCUT2D eigenvalue weighted by molar-refractivity contribution is 0.712. The Hall–Kier alpha value is -1.82. The molecule has 0 spiro atoms. The third-order valence-electron chi connectivity index (χ3n) is 3.59. The molecule has 1 aliphatic rings. The summed E-state index contributed by atoms with van der Waals surface area (Å²) < 4.78 is 0. The molecule has 0 nitrogen and oxygen atoms in total. The zero-order valence-electron chi connectivity index (χ0n) is 10.6. The minimum atomic E-state index is 1.24. The van der Waals surface area contributed by atoms with Crippen LogP contribution in [-0.2, 0) is 0 Å². The molecule has 90 valence electrons. The van der Waals surface area contributed by atoms with Crippen molar-refractivity contribution in [2.24, 2.45) is 0 Å². The first-order valence-electron chi connectivity index (χ1n) is 6.78. The number of hydrogen-bond donors (Lipinski definition) is 0. The smallest absolute Gasteiger partial charge is 0.0178 e. The first-order chi connectivity index (χ1) is 8.92. The standard InChI is InChI=1S/C18H18/c1-2-6-15(7-3-1)10-11-16-12-13-17-8-4-5-9-18(17)14-16/h4-6,8-14H,1-3,7H2. The molecule has 0 radical (unpaired) electrons. The largest absolute Gasteiger partial charge is 0.0813 e. The van der Waals surface area contributed by atoms with Gasteiger partial charge in [0.15, 0.2) is 0 Å². The second-order valence-corrected chi connectivity index (χ2v) is 4.96. The summed E-state index contributed by atoms with van der Waals surface area (Å²) in [7, 11) is 0. The normalized spacial score (nSPS) is 16.1. The van der Waals surface area contributed by atoms with Crippen molar-refractivity contribution in [3.63, 3.8) is 0 Å². The van der Waals surface area contributed by atoms with E-state index in [1.54, 1.807) is 0 Å². The number of rotatable bonds is 2. The van der Waals surface area contributed by atoms with Crippen LogP contribution in [-0.4, -0.2) is 0 Å². The lowest BCUT2D eigenvalue weighted by Gasteiger charge is -2.08. The minimum Gasteiger partial charge on any atom is -0.0813 e. The van der Waals surface area contributed by atoms with Gasteiger partial charge in [-0.3, -0.25) is 0 Å². The van der Waals surface area contributed by atoms with Gasteiger partial charge in [0.05, 0.1) is 0 Å². The fourth-order valence-electron chi connectivity index (χ4n) is 2.53. The van der Waals surface area contributed by atoms with Gasteiger partial charge in [-0.15, -0.1) is 0 Å². The topological polar surface area (TPSA) is 0 Å². The molecule has 0 N–H and O–H groups in total. The van der Waals surface area contributed by atoms with E-state index in [1.165, 1.54) is 47.6 Å². The zero-order chi connectivity index (χ0) is 12.2. The highest BCUT2D eigenvalue weighted by Crippen LogP contribution is 2.21. The summed E-state index contributed by atoms with van der Waals surface area (Å²) in [6.45, 7) is 0. The van der Waals surface area contributed by atoms with Crippen molar-refractivity contribution in [2.45, 2.75) is 25.7 Å². The van der Waals surface area contributed by atoms with Gasteiger partial charge in [0.2, 0.25) is 0 Å². The van der Waals surface area contributed by atoms with Crippen molar-refractivity contribution < 1.29 is 0 Å². The zero-order valence-corrected chi connectivity index (χ0v) is 10.6. The van der Waals surface area contributed by atoms with Crippen LogP contribution in [0.25, 0.3) is 16.8 Å². The predicted molar refractivity (Wildman–Crippen MR) is 79.5 cm³/mol. The average Bonchev–Trinajstić information content (AvgIpc) is 2.46. The molecule has 3 rings (SSSR count). The van der Waals surface area contributed by atoms with Crippen molar-refractivity contribution in [3.8, 4) is 0 Å². The monoisotopic (exact) mass is 234 g/mol. The van der Waals surface area contributed by atoms with Crippen molar-refractivity contribution in [1.82, 2.24) is 0 Å². The Kier molecular flexibility index (Phi) is 3.27. The van der Waals surface area contributed by atoms with Crippen LogP contribution < -0.4 is 0 Å². The van der Waals surface area contributed by atoms with E-state index in [2.05, 4.69) is 60.7 Å². The molecule has 2 aromatic carbocycles. The maximum atomic E-state index is 2.38. The molecule has 0 aliphatic heterocycles. The molecular formula is C18H18. The van der Waals surface area contributed by atoms with E-state index in [0.29, 0.717) is 0 Å². The van der Waals surface area contributed by atoms with E-state index in [0.717, 1.165) is 0 Å². The number of benzene rings is 2. The Bertz CT molecular complexity index is 602. The number of fused-ring (bicyclic) bond motifs is 1. The first-order valence-corrected chi connectivity index (χ1v) is 6.78. The summed E-state index contributed by atoms with van der Waals surface area (Å²) in [5.41, 5.74) is 2.79. The fourth-order valence-corrected chi connectivity index (χ4v) is 2.53. The molecule has 0 heterocycles. The van der Waals surface area contributed by atoms with Gasteiger partial charge < -0.3 is 0 Å². The molecule has 0 heteroatoms. The highest BCUT2D eigenvalue weighted by molar-refractivity contribution is 5.84. The van der Waals surface area contributed by atoms with Crippen molar-refractivity contribution >= 4 is 16.8 Å². The minimum absolute atomic E-state index is 1.24. The van der Waals surface area contributed by atoms with Gasteiger partial charge in [-0.2, -0.15) is 0 Å². The second-order valence-electron chi connectivity index (χ2n) is 4.96. The SMILES string of the molecule is C(=Cc1ccc2ccccc2c1)C1=CCCCC1. The molecule has 0 saturated heterocycles. The van der Waals surface area contributed by atoms with E-state index in [4.69, 9.17) is 0 Å². The van der Waals surface area contributed by atoms with Crippen molar-refractivity contribution in [3.05, 3.63) is 65.8 Å². The molecule has 0 bridgehead atoms. The van der Waals surface area contributed by atoms with Crippen LogP contribution in [0.15, 0.2) is 60.2 Å². The van der Waals surface area contributed by atoms with Crippen LogP contribution in [0.3, 0.4) is 0 Å². The summed E-state index contributed by atoms with van der Waals surface area (Å²) in [6, 6.07) is 15.2. The molecule has 18 heavy (non-hydrogen) atoms. The summed E-state index contributed by atoms with van der Waals surface area (Å²) in [4.78, 5) is 0. The Labute approximate surface area is 109 Å². The molecule has 0 aromatic heterocycles. The quantitative estimate of drug-likeness (QED) is 0.656. The van der Waals surface area contributed by atoms with Gasteiger partial charge >= 0.3 is 0 Å². The molecule has 1 aliphatic carbocycles. The van der Waals surface area contributed by atoms with Crippen LogP contribution in [0, 0.1) is 0 Å². The summed E-state index contributed by atoms with van der Waals surface area (Å²) in [6.07, 6.45) is 12.1. The highest BCUT2D eigenvalue weighted by atomic mass is 14.1. The van der Waals surface area contributed by atoms with E-state index in [1.807, 2.05) is 0 Å². The lowest BCUT2D eigenvalue weighted by Crippen LogP contribution is -1.87. The van der Waals surface area contributed by atoms with Crippen LogP contribution in [0.4, 0.5) is 0 Å². The van der Waals surface area contributed by atoms with E-state index in [9.17, 15) is 0 Å². The predicted octanol–water partition coefficient (Wildman–Crippen LogP) is 5.35. The molecule has 0 saturated carbocycles. The Balaban J connectivity index is 1.86. The van der Waals surface area contributed by atoms with Crippen molar-refractivity contribution in [1.29, 1.82) is 0 Å². The van der Waals surface area contributed by atoms with Gasteiger partial charge in [0.25, 0.3) is 0 Å². The highest BCUT2D eigenvalue weighted by Gasteiger charge is 1.99. The third-order valence-corrected chi connectivity index (χ3v) is 3.59. The maximum absolute atomic E-state index is 2.38. The van der Waals surface area contributed by atoms with Gasteiger partial charge in [0, 0.05) is 0 Å². The van der Waals surface area contributed by atoms with Gasteiger partial charge in [0.1, 0.15) is 0 Å². The van der Waals surface area contributed by atoms with Gasteiger partial charge in [-0.05, 0) is 48.1 Å². The molecule has 0 fully saturated rings. The Morgan fingerprint density at radius 3 is 2.56 bits per heavy atom. The summed E-state index contributed by atoms with van der Waals surface area (Å²) in [5.74, 6) is 0. The van der Waals surface area contributed by atoms with Gasteiger partial charge in [-0.1, -0.05) is 60.2 Å². The van der Waals surface area contributed by atoms with Crippen LogP contribution in [0.1, 0.15) is 31.2 Å². The molecule has 2 aromatic rings. The Morgan fingerprint density at radius 1 is 0.833 bits per heavy atom. The second kappa shape index (κ2) is 5.22. The number of allylic oxidation sites excluding steroid dienone is 3. The van der Waals surface area contributed by atoms with E-state index < -0.39 is 0 Å². The van der Waals surface area contributed by atoms with Crippen LogP contribution >= 0.6 is 0 Å². The molecular weight excluding hydrogens is 216 g/mol. The van der Waals surface area contributed by atoms with E-state index >= 15 is 0 Å². The van der Waals surface area contributed by atoms with Gasteiger partial charge in [-0.25, -0.2) is 0 Å². The molecule has 0 atom stereocenters. The Morgan fingerprint density at radius 2 is 1.72 bits per heavy atom. The fraction of sp³-hybridized carbons (Fsp3) is 0.222. The summed E-state index contributed by atoms with van der Waals surface area (Å²) in [5, 5.41) is 2.63. The van der Waals surface area contributed by atoms with Crippen LogP contribution in [0.2, 0.25) is 0 Å².